The average Bonchev–Trinajstić information content (AvgIpc) is 2.80. The summed E-state index contributed by atoms with van der Waals surface area (Å²) in [4.78, 5) is 5.12. The highest BCUT2D eigenvalue weighted by Crippen LogP contribution is 2.46. The molecule has 1 N–H and O–H groups in total. The van der Waals surface area contributed by atoms with Crippen molar-refractivity contribution in [3.05, 3.63) is 53.6 Å². The third-order valence-corrected chi connectivity index (χ3v) is 7.90. The van der Waals surface area contributed by atoms with E-state index in [1.54, 1.807) is 0 Å². The van der Waals surface area contributed by atoms with Gasteiger partial charge in [0.2, 0.25) is 0 Å². The minimum absolute atomic E-state index is 0.242. The summed E-state index contributed by atoms with van der Waals surface area (Å²) in [6.07, 6.45) is 5.77. The van der Waals surface area contributed by atoms with E-state index in [9.17, 15) is 0 Å². The summed E-state index contributed by atoms with van der Waals surface area (Å²) in [6, 6.07) is 16.4. The lowest BCUT2D eigenvalue weighted by Gasteiger charge is -2.42. The van der Waals surface area contributed by atoms with Gasteiger partial charge in [0.1, 0.15) is 0 Å². The second kappa shape index (κ2) is 9.57. The number of fused-ring (bicyclic) bond motifs is 1. The Labute approximate surface area is 195 Å². The highest BCUT2D eigenvalue weighted by molar-refractivity contribution is 5.70. The van der Waals surface area contributed by atoms with Gasteiger partial charge in [-0.05, 0) is 83.9 Å². The Morgan fingerprint density at radius 1 is 0.750 bits per heavy atom. The Morgan fingerprint density at radius 2 is 1.44 bits per heavy atom. The van der Waals surface area contributed by atoms with Crippen LogP contribution in [0.5, 0.6) is 0 Å². The van der Waals surface area contributed by atoms with Crippen molar-refractivity contribution in [2.24, 2.45) is 0 Å². The molecule has 4 rings (SSSR count). The maximum atomic E-state index is 8.96. The molecule has 1 heterocycles. The van der Waals surface area contributed by atoms with Gasteiger partial charge in [-0.15, -0.1) is 0 Å². The number of hydrogen-bond acceptors (Lipinski definition) is 3. The molecular weight excluding hydrogens is 392 g/mol. The number of rotatable bonds is 7. The van der Waals surface area contributed by atoms with Crippen LogP contribution >= 0.6 is 0 Å². The lowest BCUT2D eigenvalue weighted by molar-refractivity contribution is 0.242. The lowest BCUT2D eigenvalue weighted by atomic mass is 9.63. The van der Waals surface area contributed by atoms with Crippen molar-refractivity contribution in [2.75, 3.05) is 44.2 Å². The molecule has 174 valence electrons. The first-order valence-corrected chi connectivity index (χ1v) is 12.6. The summed E-state index contributed by atoms with van der Waals surface area (Å²) in [5, 5.41) is 8.96. The zero-order valence-corrected chi connectivity index (χ0v) is 20.7. The van der Waals surface area contributed by atoms with Gasteiger partial charge in [0.25, 0.3) is 0 Å². The van der Waals surface area contributed by atoms with Gasteiger partial charge in [0.15, 0.2) is 0 Å². The Bertz CT molecular complexity index is 909. The van der Waals surface area contributed by atoms with Gasteiger partial charge >= 0.3 is 0 Å². The van der Waals surface area contributed by atoms with E-state index >= 15 is 0 Å². The molecule has 1 saturated heterocycles. The number of nitrogens with zero attached hydrogens (tertiary/aromatic N) is 2. The Morgan fingerprint density at radius 3 is 2.16 bits per heavy atom. The van der Waals surface area contributed by atoms with E-state index in [2.05, 4.69) is 80.0 Å². The van der Waals surface area contributed by atoms with Gasteiger partial charge in [-0.1, -0.05) is 58.0 Å². The van der Waals surface area contributed by atoms with Crippen LogP contribution in [0.3, 0.4) is 0 Å². The van der Waals surface area contributed by atoms with Crippen LogP contribution in [0.4, 0.5) is 5.69 Å². The predicted molar refractivity (Wildman–Crippen MR) is 137 cm³/mol. The first-order valence-electron chi connectivity index (χ1n) is 12.6. The number of unbranched alkanes of at least 4 members (excludes halogenated alkanes) is 2. The standard InChI is InChI=1S/C29H42N2O/c1-28(2)13-14-29(3,4)27-22-24(11-12-26(27)28)23-9-8-10-25(21-23)31-18-16-30(17-19-31)15-6-5-7-20-32/h8-12,21-22,32H,5-7,13-20H2,1-4H3. The lowest BCUT2D eigenvalue weighted by Crippen LogP contribution is -2.46. The van der Waals surface area contributed by atoms with Crippen LogP contribution in [0.2, 0.25) is 0 Å². The van der Waals surface area contributed by atoms with Crippen LogP contribution in [0, 0.1) is 0 Å². The molecule has 32 heavy (non-hydrogen) atoms. The van der Waals surface area contributed by atoms with Crippen LogP contribution in [0.15, 0.2) is 42.5 Å². The fourth-order valence-electron chi connectivity index (χ4n) is 5.50. The van der Waals surface area contributed by atoms with Crippen molar-refractivity contribution >= 4 is 5.69 Å². The molecule has 3 nitrogen and oxygen atoms in total. The molecule has 1 aliphatic carbocycles. The number of piperazine rings is 1. The number of anilines is 1. The van der Waals surface area contributed by atoms with Gasteiger partial charge < -0.3 is 10.0 Å². The summed E-state index contributed by atoms with van der Waals surface area (Å²) >= 11 is 0. The molecule has 2 aromatic rings. The predicted octanol–water partition coefficient (Wildman–Crippen LogP) is 5.99. The maximum Gasteiger partial charge on any atom is 0.0431 e. The van der Waals surface area contributed by atoms with Crippen molar-refractivity contribution in [3.8, 4) is 11.1 Å². The molecule has 1 aliphatic heterocycles. The third-order valence-electron chi connectivity index (χ3n) is 7.90. The summed E-state index contributed by atoms with van der Waals surface area (Å²) < 4.78 is 0. The van der Waals surface area contributed by atoms with Crippen molar-refractivity contribution in [3.63, 3.8) is 0 Å². The van der Waals surface area contributed by atoms with Crippen LogP contribution in [0.1, 0.15) is 70.9 Å². The Kier molecular flexibility index (Phi) is 6.97. The molecule has 0 atom stereocenters. The SMILES string of the molecule is CC1(C)CCC(C)(C)c2cc(-c3cccc(N4CCN(CCCCCO)CC4)c3)ccc21. The van der Waals surface area contributed by atoms with E-state index in [0.717, 1.165) is 45.6 Å². The van der Waals surface area contributed by atoms with Crippen molar-refractivity contribution < 1.29 is 5.11 Å². The number of hydrogen-bond donors (Lipinski definition) is 1. The van der Waals surface area contributed by atoms with Crippen LogP contribution < -0.4 is 4.90 Å². The molecule has 3 heteroatoms. The molecule has 0 saturated carbocycles. The largest absolute Gasteiger partial charge is 0.396 e. The van der Waals surface area contributed by atoms with Gasteiger partial charge in [0.05, 0.1) is 0 Å². The minimum Gasteiger partial charge on any atom is -0.396 e. The monoisotopic (exact) mass is 434 g/mol. The van der Waals surface area contributed by atoms with Gasteiger partial charge in [-0.25, -0.2) is 0 Å². The maximum absolute atomic E-state index is 8.96. The topological polar surface area (TPSA) is 26.7 Å². The van der Waals surface area contributed by atoms with E-state index in [1.807, 2.05) is 0 Å². The summed E-state index contributed by atoms with van der Waals surface area (Å²) in [7, 11) is 0. The quantitative estimate of drug-likeness (QED) is 0.543. The highest BCUT2D eigenvalue weighted by atomic mass is 16.2. The number of aliphatic hydroxyl groups excluding tert-OH is 1. The molecule has 0 spiro atoms. The van der Waals surface area contributed by atoms with Gasteiger partial charge in [-0.2, -0.15) is 0 Å². The van der Waals surface area contributed by atoms with Crippen LogP contribution in [-0.4, -0.2) is 49.3 Å². The fourth-order valence-corrected chi connectivity index (χ4v) is 5.50. The average molecular weight is 435 g/mol. The smallest absolute Gasteiger partial charge is 0.0431 e. The molecule has 1 fully saturated rings. The molecule has 2 aliphatic rings. The van der Waals surface area contributed by atoms with E-state index in [0.29, 0.717) is 6.61 Å². The molecule has 0 radical (unpaired) electrons. The van der Waals surface area contributed by atoms with Crippen LogP contribution in [-0.2, 0) is 10.8 Å². The summed E-state index contributed by atoms with van der Waals surface area (Å²) in [5.74, 6) is 0. The molecular formula is C29H42N2O. The van der Waals surface area contributed by atoms with Crippen LogP contribution in [0.25, 0.3) is 11.1 Å². The third kappa shape index (κ3) is 5.05. The second-order valence-corrected chi connectivity index (χ2v) is 11.2. The van der Waals surface area contributed by atoms with E-state index in [1.165, 1.54) is 47.2 Å². The van der Waals surface area contributed by atoms with E-state index < -0.39 is 0 Å². The number of benzene rings is 2. The van der Waals surface area contributed by atoms with Gasteiger partial charge in [-0.3, -0.25) is 4.90 Å². The van der Waals surface area contributed by atoms with E-state index in [-0.39, 0.29) is 10.8 Å². The molecule has 2 aromatic carbocycles. The molecule has 0 amide bonds. The first kappa shape index (κ1) is 23.3. The number of aliphatic hydroxyl groups is 1. The van der Waals surface area contributed by atoms with E-state index in [4.69, 9.17) is 5.11 Å². The molecule has 0 unspecified atom stereocenters. The summed E-state index contributed by atoms with van der Waals surface area (Å²) in [6.45, 7) is 15.5. The van der Waals surface area contributed by atoms with Crippen molar-refractivity contribution in [1.82, 2.24) is 4.90 Å². The van der Waals surface area contributed by atoms with Crippen molar-refractivity contribution in [2.45, 2.75) is 70.6 Å². The Hall–Kier alpha value is -1.84. The second-order valence-electron chi connectivity index (χ2n) is 11.2. The molecule has 0 aromatic heterocycles. The van der Waals surface area contributed by atoms with Gasteiger partial charge in [0, 0.05) is 38.5 Å². The highest BCUT2D eigenvalue weighted by Gasteiger charge is 2.37. The zero-order chi connectivity index (χ0) is 22.8. The minimum atomic E-state index is 0.242. The first-order chi connectivity index (χ1) is 15.3. The Balaban J connectivity index is 1.47. The molecule has 0 bridgehead atoms. The van der Waals surface area contributed by atoms with Crippen molar-refractivity contribution in [1.29, 1.82) is 0 Å². The fraction of sp³-hybridized carbons (Fsp3) is 0.586. The zero-order valence-electron chi connectivity index (χ0n) is 20.7. The summed E-state index contributed by atoms with van der Waals surface area (Å²) in [5.41, 5.74) is 7.60. The normalized spacial score (nSPS) is 20.2.